The minimum Gasteiger partial charge on any atom is -0.162 e. The summed E-state index contributed by atoms with van der Waals surface area (Å²) in [5.41, 5.74) is 0. The summed E-state index contributed by atoms with van der Waals surface area (Å²) in [4.78, 5) is 0. The number of hydrogen-bond donors (Lipinski definition) is 0. The quantitative estimate of drug-likeness (QED) is 0.222. The first-order chi connectivity index (χ1) is 9.91. The first-order valence-corrected chi connectivity index (χ1v) is 10.1. The van der Waals surface area contributed by atoms with E-state index in [1.807, 2.05) is 0 Å². The molecule has 0 unspecified atom stereocenters. The Morgan fingerprint density at radius 3 is 1.55 bits per heavy atom. The van der Waals surface area contributed by atoms with Crippen LogP contribution in [0, 0.1) is 12.3 Å². The van der Waals surface area contributed by atoms with Gasteiger partial charge in [0.1, 0.15) is 0 Å². The van der Waals surface area contributed by atoms with Crippen molar-refractivity contribution in [1.82, 2.24) is 0 Å². The van der Waals surface area contributed by atoms with E-state index in [1.165, 1.54) is 95.0 Å². The molecule has 0 aliphatic rings. The lowest BCUT2D eigenvalue weighted by Gasteiger charge is -2.03. The zero-order chi connectivity index (χ0) is 14.7. The Kier molecular flexibility index (Phi) is 18.8. The van der Waals surface area contributed by atoms with Crippen molar-refractivity contribution in [3.05, 3.63) is 0 Å². The molecule has 0 N–H and O–H groups in total. The molecule has 0 atom stereocenters. The van der Waals surface area contributed by atoms with Crippen LogP contribution in [-0.4, -0.2) is 11.5 Å². The van der Waals surface area contributed by atoms with E-state index in [4.69, 9.17) is 6.42 Å². The van der Waals surface area contributed by atoms with Crippen molar-refractivity contribution < 1.29 is 0 Å². The molecule has 1 heteroatoms. The standard InChI is InChI=1S/C19H36S/c1-3-5-6-7-8-9-10-11-12-13-14-15-16-17-19-20-18-4-2/h1H,4-19H2,2H3. The highest BCUT2D eigenvalue weighted by molar-refractivity contribution is 7.99. The van der Waals surface area contributed by atoms with Gasteiger partial charge in [0.05, 0.1) is 0 Å². The van der Waals surface area contributed by atoms with Crippen LogP contribution in [0.15, 0.2) is 0 Å². The van der Waals surface area contributed by atoms with Crippen molar-refractivity contribution in [3.63, 3.8) is 0 Å². The molecule has 0 radical (unpaired) electrons. The molecule has 0 rings (SSSR count). The predicted octanol–water partition coefficient (Wildman–Crippen LogP) is 6.83. The Labute approximate surface area is 132 Å². The van der Waals surface area contributed by atoms with Gasteiger partial charge in [-0.1, -0.05) is 71.1 Å². The van der Waals surface area contributed by atoms with Crippen LogP contribution in [0.1, 0.15) is 96.8 Å². The molecule has 0 heterocycles. The molecule has 0 bridgehead atoms. The van der Waals surface area contributed by atoms with E-state index in [2.05, 4.69) is 24.6 Å². The third kappa shape index (κ3) is 17.9. The van der Waals surface area contributed by atoms with Gasteiger partial charge < -0.3 is 0 Å². The second kappa shape index (κ2) is 18.9. The van der Waals surface area contributed by atoms with Gasteiger partial charge in [0.25, 0.3) is 0 Å². The minimum absolute atomic E-state index is 0.969. The molecule has 0 aromatic carbocycles. The first kappa shape index (κ1) is 19.9. The monoisotopic (exact) mass is 296 g/mol. The smallest absolute Gasteiger partial charge is 0.00860 e. The topological polar surface area (TPSA) is 0 Å². The fourth-order valence-electron chi connectivity index (χ4n) is 2.45. The summed E-state index contributed by atoms with van der Waals surface area (Å²) in [6, 6.07) is 0. The van der Waals surface area contributed by atoms with E-state index in [0.29, 0.717) is 0 Å². The number of rotatable bonds is 16. The van der Waals surface area contributed by atoms with Crippen LogP contribution in [0.25, 0.3) is 0 Å². The molecule has 0 aromatic heterocycles. The van der Waals surface area contributed by atoms with Crippen LogP contribution in [0.4, 0.5) is 0 Å². The molecule has 0 fully saturated rings. The van der Waals surface area contributed by atoms with E-state index in [9.17, 15) is 0 Å². The van der Waals surface area contributed by atoms with Crippen molar-refractivity contribution in [2.45, 2.75) is 96.8 Å². The highest BCUT2D eigenvalue weighted by Gasteiger charge is 1.94. The highest BCUT2D eigenvalue weighted by Crippen LogP contribution is 2.13. The first-order valence-electron chi connectivity index (χ1n) is 8.93. The van der Waals surface area contributed by atoms with E-state index >= 15 is 0 Å². The second-order valence-electron chi connectivity index (χ2n) is 5.81. The summed E-state index contributed by atoms with van der Waals surface area (Å²) < 4.78 is 0. The second-order valence-corrected chi connectivity index (χ2v) is 7.03. The maximum atomic E-state index is 5.24. The molecule has 0 saturated carbocycles. The van der Waals surface area contributed by atoms with Crippen LogP contribution < -0.4 is 0 Å². The Hall–Kier alpha value is -0.0900. The van der Waals surface area contributed by atoms with Crippen LogP contribution in [0.5, 0.6) is 0 Å². The van der Waals surface area contributed by atoms with Crippen molar-refractivity contribution in [1.29, 1.82) is 0 Å². The molecular formula is C19H36S. The number of thioether (sulfide) groups is 1. The maximum absolute atomic E-state index is 5.24. The zero-order valence-electron chi connectivity index (χ0n) is 13.8. The van der Waals surface area contributed by atoms with E-state index in [1.54, 1.807) is 0 Å². The lowest BCUT2D eigenvalue weighted by Crippen LogP contribution is -1.85. The predicted molar refractivity (Wildman–Crippen MR) is 96.5 cm³/mol. The van der Waals surface area contributed by atoms with Gasteiger partial charge in [-0.05, 0) is 30.8 Å². The zero-order valence-corrected chi connectivity index (χ0v) is 14.6. The molecule has 0 amide bonds. The van der Waals surface area contributed by atoms with E-state index < -0.39 is 0 Å². The molecule has 0 spiro atoms. The van der Waals surface area contributed by atoms with Gasteiger partial charge in [-0.2, -0.15) is 11.8 Å². The number of unbranched alkanes of at least 4 members (excludes halogenated alkanes) is 12. The van der Waals surface area contributed by atoms with Crippen molar-refractivity contribution in [3.8, 4) is 12.3 Å². The average molecular weight is 297 g/mol. The van der Waals surface area contributed by atoms with Gasteiger partial charge in [0.2, 0.25) is 0 Å². The normalized spacial score (nSPS) is 10.6. The molecule has 20 heavy (non-hydrogen) atoms. The third-order valence-corrected chi connectivity index (χ3v) is 4.98. The van der Waals surface area contributed by atoms with Crippen LogP contribution >= 0.6 is 11.8 Å². The van der Waals surface area contributed by atoms with Gasteiger partial charge >= 0.3 is 0 Å². The van der Waals surface area contributed by atoms with Crippen molar-refractivity contribution >= 4 is 11.8 Å². The van der Waals surface area contributed by atoms with Crippen molar-refractivity contribution in [2.75, 3.05) is 11.5 Å². The summed E-state index contributed by atoms with van der Waals surface area (Å²) >= 11 is 2.13. The van der Waals surface area contributed by atoms with Crippen LogP contribution in [0.3, 0.4) is 0 Å². The summed E-state index contributed by atoms with van der Waals surface area (Å²) in [5, 5.41) is 0. The fourth-order valence-corrected chi connectivity index (χ4v) is 3.35. The van der Waals surface area contributed by atoms with Gasteiger partial charge in [0, 0.05) is 6.42 Å². The van der Waals surface area contributed by atoms with Gasteiger partial charge in [-0.15, -0.1) is 12.3 Å². The highest BCUT2D eigenvalue weighted by atomic mass is 32.2. The Balaban J connectivity index is 2.91. The largest absolute Gasteiger partial charge is 0.162 e. The molecular weight excluding hydrogens is 260 g/mol. The van der Waals surface area contributed by atoms with Gasteiger partial charge in [-0.25, -0.2) is 0 Å². The van der Waals surface area contributed by atoms with Gasteiger partial charge in [-0.3, -0.25) is 0 Å². The third-order valence-electron chi connectivity index (χ3n) is 3.71. The molecule has 0 aromatic rings. The lowest BCUT2D eigenvalue weighted by atomic mass is 10.0. The SMILES string of the molecule is C#CCCCCCCCCCCCCCCSCCC. The number of hydrogen-bond acceptors (Lipinski definition) is 1. The Bertz CT molecular complexity index is 204. The molecule has 0 saturated heterocycles. The van der Waals surface area contributed by atoms with Crippen LogP contribution in [-0.2, 0) is 0 Å². The van der Waals surface area contributed by atoms with Crippen molar-refractivity contribution in [2.24, 2.45) is 0 Å². The van der Waals surface area contributed by atoms with E-state index in [-0.39, 0.29) is 0 Å². The summed E-state index contributed by atoms with van der Waals surface area (Å²) in [6.45, 7) is 2.27. The minimum atomic E-state index is 0.969. The van der Waals surface area contributed by atoms with E-state index in [0.717, 1.165) is 6.42 Å². The number of terminal acetylenes is 1. The molecule has 0 nitrogen and oxygen atoms in total. The van der Waals surface area contributed by atoms with Gasteiger partial charge in [0.15, 0.2) is 0 Å². The summed E-state index contributed by atoms with van der Waals surface area (Å²) in [5.74, 6) is 5.45. The Morgan fingerprint density at radius 1 is 0.650 bits per heavy atom. The van der Waals surface area contributed by atoms with Crippen LogP contribution in [0.2, 0.25) is 0 Å². The summed E-state index contributed by atoms with van der Waals surface area (Å²) in [6.07, 6.45) is 24.5. The molecule has 118 valence electrons. The maximum Gasteiger partial charge on any atom is 0.00860 e. The Morgan fingerprint density at radius 2 is 1.10 bits per heavy atom. The average Bonchev–Trinajstić information content (AvgIpc) is 2.47. The fraction of sp³-hybridized carbons (Fsp3) is 0.895. The molecule has 0 aliphatic heterocycles. The summed E-state index contributed by atoms with van der Waals surface area (Å²) in [7, 11) is 0. The lowest BCUT2D eigenvalue weighted by molar-refractivity contribution is 0.546. The molecule has 0 aliphatic carbocycles.